The minimum atomic E-state index is -0.465. The van der Waals surface area contributed by atoms with Crippen molar-refractivity contribution in [1.29, 1.82) is 0 Å². The van der Waals surface area contributed by atoms with Crippen molar-refractivity contribution in [1.82, 2.24) is 9.38 Å². The van der Waals surface area contributed by atoms with Crippen LogP contribution in [0.1, 0.15) is 10.4 Å². The predicted molar refractivity (Wildman–Crippen MR) is 72.9 cm³/mol. The van der Waals surface area contributed by atoms with Gasteiger partial charge >= 0.3 is 0 Å². The van der Waals surface area contributed by atoms with E-state index in [1.54, 1.807) is 16.8 Å². The summed E-state index contributed by atoms with van der Waals surface area (Å²) in [6.07, 6.45) is 3.41. The Hall–Kier alpha value is -3.02. The molecule has 3 aromatic rings. The van der Waals surface area contributed by atoms with Crippen LogP contribution in [-0.2, 0) is 0 Å². The van der Waals surface area contributed by atoms with Crippen LogP contribution < -0.4 is 5.32 Å². The Bertz CT molecular complexity index is 775. The number of rotatable bonds is 2. The van der Waals surface area contributed by atoms with Crippen molar-refractivity contribution in [3.05, 3.63) is 54.4 Å². The van der Waals surface area contributed by atoms with E-state index < -0.39 is 5.91 Å². The van der Waals surface area contributed by atoms with Gasteiger partial charge in [0.2, 0.25) is 5.95 Å². The van der Waals surface area contributed by atoms with Crippen molar-refractivity contribution in [2.24, 2.45) is 0 Å². The summed E-state index contributed by atoms with van der Waals surface area (Å²) < 4.78 is 1.72. The molecule has 0 atom stereocenters. The van der Waals surface area contributed by atoms with Crippen LogP contribution >= 0.6 is 0 Å². The lowest BCUT2D eigenvalue weighted by Gasteiger charge is -2.05. The fraction of sp³-hybridized carbons (Fsp3) is 0. The first kappa shape index (κ1) is 12.0. The smallest absolute Gasteiger partial charge is 0.258 e. The highest BCUT2D eigenvalue weighted by atomic mass is 16.3. The molecule has 100 valence electrons. The molecule has 0 bridgehead atoms. The maximum Gasteiger partial charge on any atom is 0.258 e. The third-order valence-electron chi connectivity index (χ3n) is 2.83. The van der Waals surface area contributed by atoms with Crippen LogP contribution in [0.3, 0.4) is 0 Å². The zero-order valence-electron chi connectivity index (χ0n) is 10.3. The van der Waals surface area contributed by atoms with Crippen LogP contribution in [0.5, 0.6) is 11.5 Å². The van der Waals surface area contributed by atoms with Gasteiger partial charge in [-0.1, -0.05) is 6.07 Å². The van der Waals surface area contributed by atoms with Gasteiger partial charge in [0.15, 0.2) is 0 Å². The summed E-state index contributed by atoms with van der Waals surface area (Å²) in [5.41, 5.74) is 0.997. The van der Waals surface area contributed by atoms with E-state index in [-0.39, 0.29) is 17.1 Å². The Balaban J connectivity index is 1.92. The third-order valence-corrected chi connectivity index (χ3v) is 2.83. The summed E-state index contributed by atoms with van der Waals surface area (Å²) in [5, 5.41) is 21.4. The van der Waals surface area contributed by atoms with Gasteiger partial charge < -0.3 is 10.2 Å². The topological polar surface area (TPSA) is 86.9 Å². The molecule has 0 fully saturated rings. The third kappa shape index (κ3) is 2.14. The van der Waals surface area contributed by atoms with E-state index in [0.717, 1.165) is 11.6 Å². The standard InChI is InChI=1S/C14H11N3O3/c18-11-5-9(6-12(19)7-11)13(20)16-14-15-8-10-3-1-2-4-17(10)14/h1-8,18-19H,(H,15,16,20). The number of hydrogen-bond acceptors (Lipinski definition) is 4. The maximum atomic E-state index is 12.1. The molecule has 0 radical (unpaired) electrons. The highest BCUT2D eigenvalue weighted by Gasteiger charge is 2.11. The number of amides is 1. The lowest BCUT2D eigenvalue weighted by atomic mass is 10.2. The van der Waals surface area contributed by atoms with Crippen molar-refractivity contribution < 1.29 is 15.0 Å². The summed E-state index contributed by atoms with van der Waals surface area (Å²) in [6.45, 7) is 0. The Kier molecular flexibility index (Phi) is 2.76. The highest BCUT2D eigenvalue weighted by molar-refractivity contribution is 6.04. The minimum Gasteiger partial charge on any atom is -0.508 e. The molecule has 20 heavy (non-hydrogen) atoms. The number of imidazole rings is 1. The molecule has 1 aromatic carbocycles. The van der Waals surface area contributed by atoms with Crippen molar-refractivity contribution >= 4 is 17.4 Å². The molecule has 0 aliphatic carbocycles. The molecule has 0 saturated carbocycles. The fourth-order valence-corrected chi connectivity index (χ4v) is 1.94. The average Bonchev–Trinajstić information content (AvgIpc) is 2.81. The Labute approximate surface area is 113 Å². The van der Waals surface area contributed by atoms with Gasteiger partial charge in [-0.2, -0.15) is 0 Å². The molecule has 6 nitrogen and oxygen atoms in total. The summed E-state index contributed by atoms with van der Waals surface area (Å²) in [7, 11) is 0. The molecular weight excluding hydrogens is 258 g/mol. The first-order valence-electron chi connectivity index (χ1n) is 5.90. The fourth-order valence-electron chi connectivity index (χ4n) is 1.94. The molecule has 0 aliphatic rings. The van der Waals surface area contributed by atoms with Gasteiger partial charge in [-0.05, 0) is 24.3 Å². The molecule has 0 saturated heterocycles. The molecule has 6 heteroatoms. The molecule has 2 aromatic heterocycles. The number of phenols is 2. The second kappa shape index (κ2) is 4.58. The molecule has 0 spiro atoms. The number of phenolic OH excluding ortho intramolecular Hbond substituents is 2. The minimum absolute atomic E-state index is 0.148. The number of aromatic hydroxyl groups is 2. The van der Waals surface area contributed by atoms with Gasteiger partial charge in [-0.3, -0.25) is 14.5 Å². The van der Waals surface area contributed by atoms with Crippen LogP contribution in [0, 0.1) is 0 Å². The summed E-state index contributed by atoms with van der Waals surface area (Å²) in [4.78, 5) is 16.2. The lowest BCUT2D eigenvalue weighted by molar-refractivity contribution is 0.102. The van der Waals surface area contributed by atoms with E-state index in [2.05, 4.69) is 10.3 Å². The van der Waals surface area contributed by atoms with Crippen molar-refractivity contribution in [2.75, 3.05) is 5.32 Å². The number of nitrogens with zero attached hydrogens (tertiary/aromatic N) is 2. The van der Waals surface area contributed by atoms with Gasteiger partial charge in [0, 0.05) is 17.8 Å². The second-order valence-electron chi connectivity index (χ2n) is 4.27. The van der Waals surface area contributed by atoms with Crippen LogP contribution in [-0.4, -0.2) is 25.5 Å². The van der Waals surface area contributed by atoms with E-state index >= 15 is 0 Å². The molecule has 2 heterocycles. The molecular formula is C14H11N3O3. The van der Waals surface area contributed by atoms with Crippen LogP contribution in [0.2, 0.25) is 0 Å². The quantitative estimate of drug-likeness (QED) is 0.664. The Morgan fingerprint density at radius 3 is 2.65 bits per heavy atom. The number of anilines is 1. The first-order chi connectivity index (χ1) is 9.63. The Morgan fingerprint density at radius 1 is 1.15 bits per heavy atom. The van der Waals surface area contributed by atoms with Crippen LogP contribution in [0.4, 0.5) is 5.95 Å². The van der Waals surface area contributed by atoms with Crippen LogP contribution in [0.15, 0.2) is 48.8 Å². The van der Waals surface area contributed by atoms with Crippen LogP contribution in [0.25, 0.3) is 5.52 Å². The van der Waals surface area contributed by atoms with Gasteiger partial charge in [-0.25, -0.2) is 4.98 Å². The van der Waals surface area contributed by atoms with E-state index in [1.165, 1.54) is 12.1 Å². The number of fused-ring (bicyclic) bond motifs is 1. The van der Waals surface area contributed by atoms with Gasteiger partial charge in [-0.15, -0.1) is 0 Å². The van der Waals surface area contributed by atoms with E-state index in [4.69, 9.17) is 0 Å². The number of benzene rings is 1. The molecule has 3 rings (SSSR count). The summed E-state index contributed by atoms with van der Waals surface area (Å²) in [6, 6.07) is 9.25. The normalized spacial score (nSPS) is 10.6. The number of carbonyl (C=O) groups is 1. The zero-order valence-corrected chi connectivity index (χ0v) is 10.3. The largest absolute Gasteiger partial charge is 0.508 e. The number of hydrogen-bond donors (Lipinski definition) is 3. The number of carbonyl (C=O) groups excluding carboxylic acids is 1. The number of aromatic nitrogens is 2. The second-order valence-corrected chi connectivity index (χ2v) is 4.27. The monoisotopic (exact) mass is 269 g/mol. The molecule has 0 aliphatic heterocycles. The Morgan fingerprint density at radius 2 is 1.90 bits per heavy atom. The van der Waals surface area contributed by atoms with Crippen molar-refractivity contribution in [3.63, 3.8) is 0 Å². The SMILES string of the molecule is O=C(Nc1ncc2ccccn12)c1cc(O)cc(O)c1. The molecule has 3 N–H and O–H groups in total. The maximum absolute atomic E-state index is 12.1. The average molecular weight is 269 g/mol. The zero-order chi connectivity index (χ0) is 14.1. The van der Waals surface area contributed by atoms with Gasteiger partial charge in [0.25, 0.3) is 5.91 Å². The number of nitrogens with one attached hydrogen (secondary N) is 1. The lowest BCUT2D eigenvalue weighted by Crippen LogP contribution is -2.14. The first-order valence-corrected chi connectivity index (χ1v) is 5.90. The molecule has 0 unspecified atom stereocenters. The van der Waals surface area contributed by atoms with E-state index in [1.807, 2.05) is 18.2 Å². The van der Waals surface area contributed by atoms with Gasteiger partial charge in [0.1, 0.15) is 11.5 Å². The van der Waals surface area contributed by atoms with Crippen molar-refractivity contribution in [3.8, 4) is 11.5 Å². The molecule has 1 amide bonds. The predicted octanol–water partition coefficient (Wildman–Crippen LogP) is 2.00. The van der Waals surface area contributed by atoms with E-state index in [9.17, 15) is 15.0 Å². The summed E-state index contributed by atoms with van der Waals surface area (Å²) in [5.74, 6) is -0.452. The highest BCUT2D eigenvalue weighted by Crippen LogP contribution is 2.21. The summed E-state index contributed by atoms with van der Waals surface area (Å²) >= 11 is 0. The van der Waals surface area contributed by atoms with Gasteiger partial charge in [0.05, 0.1) is 11.7 Å². The number of pyridine rings is 1. The van der Waals surface area contributed by atoms with Crippen molar-refractivity contribution in [2.45, 2.75) is 0 Å². The van der Waals surface area contributed by atoms with E-state index in [0.29, 0.717) is 5.95 Å².